The summed E-state index contributed by atoms with van der Waals surface area (Å²) < 4.78 is 6.04. The van der Waals surface area contributed by atoms with Gasteiger partial charge in [-0.2, -0.15) is 0 Å². The van der Waals surface area contributed by atoms with Crippen LogP contribution < -0.4 is 0 Å². The molecule has 27 heavy (non-hydrogen) atoms. The van der Waals surface area contributed by atoms with Crippen molar-refractivity contribution in [2.75, 3.05) is 13.2 Å². The van der Waals surface area contributed by atoms with Crippen LogP contribution in [0.1, 0.15) is 36.8 Å². The normalized spacial score (nSPS) is 18.0. The molecule has 0 saturated heterocycles. The Bertz CT molecular complexity index is 780. The summed E-state index contributed by atoms with van der Waals surface area (Å²) >= 11 is 3.44. The molecule has 5 nitrogen and oxygen atoms in total. The van der Waals surface area contributed by atoms with Crippen LogP contribution in [-0.2, 0) is 20.9 Å². The molecule has 2 unspecified atom stereocenters. The quantitative estimate of drug-likeness (QED) is 0.595. The van der Waals surface area contributed by atoms with E-state index in [1.807, 2.05) is 24.3 Å². The Morgan fingerprint density at radius 3 is 2.70 bits per heavy atom. The second-order valence-corrected chi connectivity index (χ2v) is 7.59. The largest absolute Gasteiger partial charge is 0.466 e. The number of benzene rings is 1. The molecule has 0 aliphatic heterocycles. The highest BCUT2D eigenvalue weighted by atomic mass is 79.9. The fourth-order valence-electron chi connectivity index (χ4n) is 3.22. The van der Waals surface area contributed by atoms with Crippen molar-refractivity contribution in [3.05, 3.63) is 64.4 Å². The third kappa shape index (κ3) is 5.39. The molecule has 0 bridgehead atoms. The number of ether oxygens (including phenoxy) is 1. The molecular weight excluding hydrogens is 408 g/mol. The van der Waals surface area contributed by atoms with Crippen LogP contribution in [0.4, 0.5) is 0 Å². The average molecular weight is 431 g/mol. The smallest absolute Gasteiger partial charge is 0.307 e. The van der Waals surface area contributed by atoms with Gasteiger partial charge in [0.1, 0.15) is 0 Å². The van der Waals surface area contributed by atoms with E-state index in [4.69, 9.17) is 4.74 Å². The molecule has 1 amide bonds. The van der Waals surface area contributed by atoms with E-state index < -0.39 is 0 Å². The van der Waals surface area contributed by atoms with Gasteiger partial charge in [-0.15, -0.1) is 0 Å². The average Bonchev–Trinajstić information content (AvgIpc) is 3.47. The lowest BCUT2D eigenvalue weighted by atomic mass is 10.1. The van der Waals surface area contributed by atoms with Crippen LogP contribution in [0.2, 0.25) is 0 Å². The van der Waals surface area contributed by atoms with E-state index in [9.17, 15) is 9.59 Å². The van der Waals surface area contributed by atoms with Crippen molar-refractivity contribution in [2.24, 2.45) is 5.92 Å². The number of nitrogens with zero attached hydrogens (tertiary/aromatic N) is 2. The molecule has 0 N–H and O–H groups in total. The van der Waals surface area contributed by atoms with Gasteiger partial charge in [-0.3, -0.25) is 14.6 Å². The van der Waals surface area contributed by atoms with Gasteiger partial charge in [0.25, 0.3) is 0 Å². The Labute approximate surface area is 167 Å². The number of aromatic nitrogens is 1. The van der Waals surface area contributed by atoms with Gasteiger partial charge >= 0.3 is 5.97 Å². The van der Waals surface area contributed by atoms with E-state index in [1.54, 1.807) is 24.2 Å². The molecule has 0 radical (unpaired) electrons. The van der Waals surface area contributed by atoms with Crippen LogP contribution in [0.25, 0.3) is 0 Å². The lowest BCUT2D eigenvalue weighted by Gasteiger charge is -2.23. The van der Waals surface area contributed by atoms with Gasteiger partial charge in [-0.25, -0.2) is 0 Å². The molecule has 1 aromatic carbocycles. The van der Waals surface area contributed by atoms with Crippen molar-refractivity contribution < 1.29 is 14.3 Å². The summed E-state index contributed by atoms with van der Waals surface area (Å²) in [5, 5.41) is 0. The highest BCUT2D eigenvalue weighted by Crippen LogP contribution is 2.48. The number of rotatable bonds is 8. The predicted molar refractivity (Wildman–Crippen MR) is 106 cm³/mol. The molecule has 1 heterocycles. The summed E-state index contributed by atoms with van der Waals surface area (Å²) in [7, 11) is 0. The van der Waals surface area contributed by atoms with Crippen LogP contribution in [0.3, 0.4) is 0 Å². The van der Waals surface area contributed by atoms with E-state index in [1.165, 1.54) is 5.56 Å². The Morgan fingerprint density at radius 1 is 1.26 bits per heavy atom. The highest BCUT2D eigenvalue weighted by molar-refractivity contribution is 9.10. The van der Waals surface area contributed by atoms with Gasteiger partial charge in [0.15, 0.2) is 0 Å². The fourth-order valence-corrected chi connectivity index (χ4v) is 3.48. The SMILES string of the molecule is CCOC(=O)CCN(Cc1cccnc1)C(=O)C1CC1c1ccc(Br)cc1. The molecule has 1 aliphatic rings. The van der Waals surface area contributed by atoms with Gasteiger partial charge < -0.3 is 9.64 Å². The van der Waals surface area contributed by atoms with Gasteiger partial charge in [0.2, 0.25) is 5.91 Å². The van der Waals surface area contributed by atoms with Crippen molar-refractivity contribution >= 4 is 27.8 Å². The number of pyridine rings is 1. The number of carbonyl (C=O) groups is 2. The first-order valence-corrected chi connectivity index (χ1v) is 9.96. The van der Waals surface area contributed by atoms with E-state index in [0.717, 1.165) is 16.5 Å². The Balaban J connectivity index is 1.66. The van der Waals surface area contributed by atoms with Crippen molar-refractivity contribution in [1.82, 2.24) is 9.88 Å². The summed E-state index contributed by atoms with van der Waals surface area (Å²) in [6.45, 7) is 2.94. The zero-order valence-electron chi connectivity index (χ0n) is 15.3. The lowest BCUT2D eigenvalue weighted by molar-refractivity contribution is -0.144. The fraction of sp³-hybridized carbons (Fsp3) is 0.381. The van der Waals surface area contributed by atoms with Gasteiger partial charge in [-0.05, 0) is 48.6 Å². The minimum Gasteiger partial charge on any atom is -0.466 e. The second-order valence-electron chi connectivity index (χ2n) is 6.68. The van der Waals surface area contributed by atoms with Crippen LogP contribution >= 0.6 is 15.9 Å². The van der Waals surface area contributed by atoms with Crippen molar-refractivity contribution in [1.29, 1.82) is 0 Å². The maximum atomic E-state index is 13.1. The first-order chi connectivity index (χ1) is 13.1. The number of amides is 1. The lowest BCUT2D eigenvalue weighted by Crippen LogP contribution is -2.34. The minimum atomic E-state index is -0.276. The molecule has 2 aromatic rings. The van der Waals surface area contributed by atoms with Crippen molar-refractivity contribution in [2.45, 2.75) is 32.2 Å². The molecule has 3 rings (SSSR count). The molecule has 6 heteroatoms. The monoisotopic (exact) mass is 430 g/mol. The van der Waals surface area contributed by atoms with Crippen LogP contribution in [0.15, 0.2) is 53.3 Å². The minimum absolute atomic E-state index is 0.0231. The number of hydrogen-bond acceptors (Lipinski definition) is 4. The number of esters is 1. The Kier molecular flexibility index (Phi) is 6.61. The third-order valence-corrected chi connectivity index (χ3v) is 5.23. The topological polar surface area (TPSA) is 59.5 Å². The van der Waals surface area contributed by atoms with Crippen molar-refractivity contribution in [3.8, 4) is 0 Å². The maximum Gasteiger partial charge on any atom is 0.307 e. The molecule has 0 spiro atoms. The van der Waals surface area contributed by atoms with Gasteiger partial charge in [-0.1, -0.05) is 34.1 Å². The van der Waals surface area contributed by atoms with Gasteiger partial charge in [0, 0.05) is 35.9 Å². The van der Waals surface area contributed by atoms with Crippen molar-refractivity contribution in [3.63, 3.8) is 0 Å². The standard InChI is InChI=1S/C21H23BrN2O3/c1-2-27-20(25)9-11-24(14-15-4-3-10-23-13-15)21(26)19-12-18(19)16-5-7-17(22)8-6-16/h3-8,10,13,18-19H,2,9,11-12,14H2,1H3. The van der Waals surface area contributed by atoms with E-state index in [2.05, 4.69) is 33.0 Å². The molecule has 1 aromatic heterocycles. The molecular formula is C21H23BrN2O3. The molecule has 1 aliphatic carbocycles. The van der Waals surface area contributed by atoms with E-state index >= 15 is 0 Å². The zero-order chi connectivity index (χ0) is 19.2. The molecule has 2 atom stereocenters. The van der Waals surface area contributed by atoms with Crippen LogP contribution in [-0.4, -0.2) is 34.9 Å². The summed E-state index contributed by atoms with van der Waals surface area (Å²) in [5.74, 6) is 0.0486. The summed E-state index contributed by atoms with van der Waals surface area (Å²) in [4.78, 5) is 30.7. The van der Waals surface area contributed by atoms with Crippen LogP contribution in [0, 0.1) is 5.92 Å². The number of carbonyl (C=O) groups excluding carboxylic acids is 2. The predicted octanol–water partition coefficient (Wildman–Crippen LogP) is 3.93. The number of hydrogen-bond donors (Lipinski definition) is 0. The van der Waals surface area contributed by atoms with Crippen LogP contribution in [0.5, 0.6) is 0 Å². The first-order valence-electron chi connectivity index (χ1n) is 9.17. The van der Waals surface area contributed by atoms with E-state index in [0.29, 0.717) is 19.7 Å². The molecule has 1 saturated carbocycles. The third-order valence-electron chi connectivity index (χ3n) is 4.70. The van der Waals surface area contributed by atoms with E-state index in [-0.39, 0.29) is 30.1 Å². The molecule has 142 valence electrons. The Hall–Kier alpha value is -2.21. The maximum absolute atomic E-state index is 13.1. The summed E-state index contributed by atoms with van der Waals surface area (Å²) in [6, 6.07) is 11.9. The van der Waals surface area contributed by atoms with Gasteiger partial charge in [0.05, 0.1) is 13.0 Å². The zero-order valence-corrected chi connectivity index (χ0v) is 16.9. The Morgan fingerprint density at radius 2 is 2.04 bits per heavy atom. The summed E-state index contributed by atoms with van der Waals surface area (Å²) in [5.41, 5.74) is 2.14. The number of halogens is 1. The first kappa shape index (κ1) is 19.5. The molecule has 1 fully saturated rings. The second kappa shape index (κ2) is 9.13. The summed E-state index contributed by atoms with van der Waals surface area (Å²) in [6.07, 6.45) is 4.52. The highest BCUT2D eigenvalue weighted by Gasteiger charge is 2.45.